The van der Waals surface area contributed by atoms with Crippen LogP contribution in [0.25, 0.3) is 0 Å². The van der Waals surface area contributed by atoms with E-state index in [9.17, 15) is 0 Å². The normalized spacial score (nSPS) is 10.7. The molecule has 1 heterocycles. The molecule has 0 unspecified atom stereocenters. The first-order chi connectivity index (χ1) is 10.8. The molecule has 0 radical (unpaired) electrons. The van der Waals surface area contributed by atoms with Gasteiger partial charge >= 0.3 is 0 Å². The van der Waals surface area contributed by atoms with Gasteiger partial charge in [-0.05, 0) is 25.7 Å². The quantitative estimate of drug-likeness (QED) is 0.343. The van der Waals surface area contributed by atoms with Gasteiger partial charge in [0.1, 0.15) is 12.4 Å². The maximum atomic E-state index is 2.44. The van der Waals surface area contributed by atoms with Gasteiger partial charge in [0.05, 0.1) is 13.1 Å². The van der Waals surface area contributed by atoms with Crippen molar-refractivity contribution in [2.24, 2.45) is 0 Å². The first-order valence-corrected chi connectivity index (χ1v) is 9.84. The summed E-state index contributed by atoms with van der Waals surface area (Å²) >= 11 is 0. The van der Waals surface area contributed by atoms with E-state index in [1.807, 2.05) is 0 Å². The van der Waals surface area contributed by atoms with E-state index >= 15 is 0 Å². The van der Waals surface area contributed by atoms with E-state index in [0.717, 1.165) is 0 Å². The molecule has 23 heavy (non-hydrogen) atoms. The molecule has 136 valence electrons. The molecule has 1 aromatic heterocycles. The second-order valence-electron chi connectivity index (χ2n) is 6.77. The Kier molecular flexibility index (Phi) is 15.0. The van der Waals surface area contributed by atoms with Gasteiger partial charge < -0.3 is 17.0 Å². The third-order valence-corrected chi connectivity index (χ3v) is 4.76. The van der Waals surface area contributed by atoms with Crippen LogP contribution >= 0.6 is 0 Å². The lowest BCUT2D eigenvalue weighted by Gasteiger charge is -2.03. The Morgan fingerprint density at radius 3 is 1.91 bits per heavy atom. The largest absolute Gasteiger partial charge is 1.00 e. The van der Waals surface area contributed by atoms with Gasteiger partial charge in [-0.2, -0.15) is 0 Å². The molecule has 0 saturated carbocycles. The van der Waals surface area contributed by atoms with E-state index in [1.54, 1.807) is 0 Å². The number of rotatable bonds is 14. The van der Waals surface area contributed by atoms with Gasteiger partial charge in [-0.25, -0.2) is 9.13 Å². The highest BCUT2D eigenvalue weighted by atomic mass is 79.9. The van der Waals surface area contributed by atoms with Crippen molar-refractivity contribution in [2.45, 2.75) is 111 Å². The summed E-state index contributed by atoms with van der Waals surface area (Å²) in [5, 5.41) is 0. The van der Waals surface area contributed by atoms with Crippen LogP contribution in [-0.2, 0) is 13.1 Å². The van der Waals surface area contributed by atoms with Crippen LogP contribution in [0.5, 0.6) is 0 Å². The SMILES string of the molecule is CCCCCCCCn1cc[n+](CCCCCCCC)c1C.[Br-]. The Bertz CT molecular complexity index is 340. The zero-order valence-electron chi connectivity index (χ0n) is 15.8. The summed E-state index contributed by atoms with van der Waals surface area (Å²) < 4.78 is 4.88. The minimum atomic E-state index is 0. The molecule has 0 saturated heterocycles. The Morgan fingerprint density at radius 1 is 0.783 bits per heavy atom. The van der Waals surface area contributed by atoms with Gasteiger partial charge in [0.2, 0.25) is 0 Å². The third-order valence-electron chi connectivity index (χ3n) is 4.76. The number of hydrogen-bond acceptors (Lipinski definition) is 0. The molecule has 0 aromatic carbocycles. The molecule has 0 N–H and O–H groups in total. The molecule has 0 amide bonds. The predicted octanol–water partition coefficient (Wildman–Crippen LogP) is 2.81. The van der Waals surface area contributed by atoms with Crippen LogP contribution in [0, 0.1) is 6.92 Å². The number of aromatic nitrogens is 2. The Hall–Kier alpha value is -0.310. The Balaban J connectivity index is 0.00000484. The van der Waals surface area contributed by atoms with E-state index in [2.05, 4.69) is 42.3 Å². The third kappa shape index (κ3) is 10.2. The zero-order valence-corrected chi connectivity index (χ0v) is 17.4. The summed E-state index contributed by atoms with van der Waals surface area (Å²) in [6.45, 7) is 9.23. The van der Waals surface area contributed by atoms with Crippen molar-refractivity contribution in [3.05, 3.63) is 18.2 Å². The van der Waals surface area contributed by atoms with Crippen LogP contribution in [0.15, 0.2) is 12.4 Å². The van der Waals surface area contributed by atoms with Crippen LogP contribution < -0.4 is 21.5 Å². The molecule has 0 atom stereocenters. The highest BCUT2D eigenvalue weighted by Crippen LogP contribution is 2.08. The van der Waals surface area contributed by atoms with E-state index in [0.29, 0.717) is 0 Å². The van der Waals surface area contributed by atoms with Crippen molar-refractivity contribution in [2.75, 3.05) is 0 Å². The molecule has 0 aliphatic heterocycles. The van der Waals surface area contributed by atoms with Crippen LogP contribution in [0.4, 0.5) is 0 Å². The van der Waals surface area contributed by atoms with Crippen molar-refractivity contribution in [1.29, 1.82) is 0 Å². The van der Waals surface area contributed by atoms with Crippen molar-refractivity contribution in [3.8, 4) is 0 Å². The summed E-state index contributed by atoms with van der Waals surface area (Å²) in [4.78, 5) is 0. The standard InChI is InChI=1S/C20H39N2.BrH/c1-4-6-8-10-12-14-16-21-18-19-22(20(21)3)17-15-13-11-9-7-5-2;/h18-19H,4-17H2,1-3H3;1H/q+1;/p-1. The summed E-state index contributed by atoms with van der Waals surface area (Å²) in [6, 6.07) is 0. The predicted molar refractivity (Wildman–Crippen MR) is 96.1 cm³/mol. The maximum Gasteiger partial charge on any atom is 0.253 e. The smallest absolute Gasteiger partial charge is 0.253 e. The summed E-state index contributed by atoms with van der Waals surface area (Å²) in [5.74, 6) is 1.43. The lowest BCUT2D eigenvalue weighted by molar-refractivity contribution is -0.702. The molecule has 3 heteroatoms. The molecule has 1 aromatic rings. The Labute approximate surface area is 155 Å². The fraction of sp³-hybridized carbons (Fsp3) is 0.850. The highest BCUT2D eigenvalue weighted by molar-refractivity contribution is 4.79. The Morgan fingerprint density at radius 2 is 1.30 bits per heavy atom. The van der Waals surface area contributed by atoms with Gasteiger partial charge in [0.25, 0.3) is 5.82 Å². The van der Waals surface area contributed by atoms with E-state index in [-0.39, 0.29) is 17.0 Å². The van der Waals surface area contributed by atoms with Gasteiger partial charge in [-0.3, -0.25) is 0 Å². The highest BCUT2D eigenvalue weighted by Gasteiger charge is 2.11. The van der Waals surface area contributed by atoms with Gasteiger partial charge in [0, 0.05) is 6.92 Å². The average molecular weight is 387 g/mol. The van der Waals surface area contributed by atoms with Crippen molar-refractivity contribution in [1.82, 2.24) is 4.57 Å². The summed E-state index contributed by atoms with van der Waals surface area (Å²) in [5.41, 5.74) is 0. The van der Waals surface area contributed by atoms with Gasteiger partial charge in [-0.1, -0.05) is 65.2 Å². The van der Waals surface area contributed by atoms with Crippen molar-refractivity contribution in [3.63, 3.8) is 0 Å². The second kappa shape index (κ2) is 15.2. The van der Waals surface area contributed by atoms with Gasteiger partial charge in [-0.15, -0.1) is 0 Å². The average Bonchev–Trinajstić information content (AvgIpc) is 2.87. The number of hydrogen-bond donors (Lipinski definition) is 0. The van der Waals surface area contributed by atoms with E-state index in [4.69, 9.17) is 0 Å². The molecule has 0 aliphatic carbocycles. The van der Waals surface area contributed by atoms with Crippen molar-refractivity contribution < 1.29 is 21.5 Å². The lowest BCUT2D eigenvalue weighted by Crippen LogP contribution is -3.00. The fourth-order valence-corrected chi connectivity index (χ4v) is 3.14. The zero-order chi connectivity index (χ0) is 16.0. The summed E-state index contributed by atoms with van der Waals surface area (Å²) in [6.07, 6.45) is 21.1. The molecular weight excluding hydrogens is 348 g/mol. The second-order valence-corrected chi connectivity index (χ2v) is 6.77. The molecule has 0 aliphatic rings. The minimum Gasteiger partial charge on any atom is -1.00 e. The maximum absolute atomic E-state index is 2.44. The molecular formula is C20H39BrN2. The van der Waals surface area contributed by atoms with Crippen LogP contribution in [0.2, 0.25) is 0 Å². The molecule has 0 spiro atoms. The van der Waals surface area contributed by atoms with Crippen LogP contribution in [0.1, 0.15) is 96.7 Å². The number of halogens is 1. The van der Waals surface area contributed by atoms with Crippen molar-refractivity contribution >= 4 is 0 Å². The molecule has 2 nitrogen and oxygen atoms in total. The first-order valence-electron chi connectivity index (χ1n) is 9.84. The monoisotopic (exact) mass is 386 g/mol. The number of aryl methyl sites for hydroxylation is 2. The molecule has 1 rings (SSSR count). The summed E-state index contributed by atoms with van der Waals surface area (Å²) in [7, 11) is 0. The van der Waals surface area contributed by atoms with Crippen LogP contribution in [0.3, 0.4) is 0 Å². The number of imidazole rings is 1. The van der Waals surface area contributed by atoms with Gasteiger partial charge in [0.15, 0.2) is 0 Å². The first kappa shape index (κ1) is 22.7. The lowest BCUT2D eigenvalue weighted by atomic mass is 10.1. The number of nitrogens with zero attached hydrogens (tertiary/aromatic N) is 2. The number of unbranched alkanes of at least 4 members (excludes halogenated alkanes) is 10. The molecule has 0 fully saturated rings. The van der Waals surface area contributed by atoms with Crippen LogP contribution in [-0.4, -0.2) is 4.57 Å². The van der Waals surface area contributed by atoms with E-state index < -0.39 is 0 Å². The topological polar surface area (TPSA) is 8.81 Å². The fourth-order valence-electron chi connectivity index (χ4n) is 3.14. The minimum absolute atomic E-state index is 0. The molecule has 0 bridgehead atoms. The van der Waals surface area contributed by atoms with E-state index in [1.165, 1.54) is 96.0 Å².